The van der Waals surface area contributed by atoms with E-state index in [9.17, 15) is 10.0 Å². The van der Waals surface area contributed by atoms with E-state index in [0.717, 1.165) is 53.1 Å². The van der Waals surface area contributed by atoms with Crippen LogP contribution in [-0.2, 0) is 0 Å². The lowest BCUT2D eigenvalue weighted by molar-refractivity contribution is -0.0919. The Morgan fingerprint density at radius 3 is 2.54 bits per heavy atom. The van der Waals surface area contributed by atoms with Gasteiger partial charge < -0.3 is 15.0 Å². The van der Waals surface area contributed by atoms with Gasteiger partial charge in [-0.2, -0.15) is 0 Å². The highest BCUT2D eigenvalue weighted by Crippen LogP contribution is 2.31. The second-order valence-electron chi connectivity index (χ2n) is 6.95. The zero-order valence-electron chi connectivity index (χ0n) is 15.6. The third-order valence-electron chi connectivity index (χ3n) is 5.19. The number of piperidine rings is 1. The molecule has 0 aromatic heterocycles. The topological polar surface area (TPSA) is 65.0 Å². The van der Waals surface area contributed by atoms with Crippen LogP contribution in [0.15, 0.2) is 36.4 Å². The van der Waals surface area contributed by atoms with Crippen molar-refractivity contribution in [2.24, 2.45) is 0 Å². The molecule has 0 spiro atoms. The van der Waals surface area contributed by atoms with Gasteiger partial charge >= 0.3 is 6.03 Å². The third kappa shape index (κ3) is 3.76. The molecule has 1 aliphatic rings. The molecule has 26 heavy (non-hydrogen) atoms. The standard InChI is InChI=1S/C20H27N3O3/c1-14(21-20(24)23(25)15-10-12-22(2)13-11-15)16-8-9-19(26-3)18-7-5-4-6-17(16)18/h4-9,14-15,25H,10-13H2,1-3H3,(H,21,24)/t14-/m0/s1. The molecule has 1 fully saturated rings. The molecule has 2 aromatic rings. The van der Waals surface area contributed by atoms with Crippen molar-refractivity contribution in [2.45, 2.75) is 31.8 Å². The Balaban J connectivity index is 1.74. The largest absolute Gasteiger partial charge is 0.496 e. The minimum absolute atomic E-state index is 0.133. The quantitative estimate of drug-likeness (QED) is 0.650. The van der Waals surface area contributed by atoms with Gasteiger partial charge in [0.05, 0.1) is 19.2 Å². The number of urea groups is 1. The molecule has 0 unspecified atom stereocenters. The number of likely N-dealkylation sites (tertiary alicyclic amines) is 1. The van der Waals surface area contributed by atoms with Gasteiger partial charge in [0.25, 0.3) is 0 Å². The summed E-state index contributed by atoms with van der Waals surface area (Å²) in [5, 5.41) is 16.1. The Bertz CT molecular complexity index is 772. The molecule has 0 aliphatic carbocycles. The highest BCUT2D eigenvalue weighted by Gasteiger charge is 2.27. The summed E-state index contributed by atoms with van der Waals surface area (Å²) in [5.74, 6) is 0.804. The summed E-state index contributed by atoms with van der Waals surface area (Å²) in [6, 6.07) is 11.0. The molecule has 6 nitrogen and oxygen atoms in total. The number of hydrogen-bond acceptors (Lipinski definition) is 4. The highest BCUT2D eigenvalue weighted by atomic mass is 16.5. The molecule has 2 N–H and O–H groups in total. The average Bonchev–Trinajstić information content (AvgIpc) is 2.67. The zero-order valence-corrected chi connectivity index (χ0v) is 15.6. The van der Waals surface area contributed by atoms with E-state index in [2.05, 4.69) is 17.3 Å². The Morgan fingerprint density at radius 1 is 1.23 bits per heavy atom. The van der Waals surface area contributed by atoms with Crippen LogP contribution in [0.1, 0.15) is 31.4 Å². The van der Waals surface area contributed by atoms with Gasteiger partial charge in [0.1, 0.15) is 5.75 Å². The molecule has 0 radical (unpaired) electrons. The molecule has 2 aromatic carbocycles. The van der Waals surface area contributed by atoms with Crippen molar-refractivity contribution in [1.82, 2.24) is 15.3 Å². The number of hydrogen-bond donors (Lipinski definition) is 2. The van der Waals surface area contributed by atoms with E-state index in [4.69, 9.17) is 4.74 Å². The van der Waals surface area contributed by atoms with Crippen LogP contribution in [0, 0.1) is 0 Å². The number of amides is 2. The second-order valence-corrected chi connectivity index (χ2v) is 6.95. The number of fused-ring (bicyclic) bond motifs is 1. The monoisotopic (exact) mass is 357 g/mol. The van der Waals surface area contributed by atoms with Gasteiger partial charge in [-0.15, -0.1) is 0 Å². The molecule has 1 aliphatic heterocycles. The van der Waals surface area contributed by atoms with Crippen molar-refractivity contribution in [3.63, 3.8) is 0 Å². The van der Waals surface area contributed by atoms with Crippen molar-refractivity contribution in [2.75, 3.05) is 27.2 Å². The number of nitrogens with one attached hydrogen (secondary N) is 1. The summed E-state index contributed by atoms with van der Waals surface area (Å²) in [7, 11) is 3.70. The normalized spacial score (nSPS) is 17.1. The van der Waals surface area contributed by atoms with Gasteiger partial charge in [-0.05, 0) is 56.9 Å². The van der Waals surface area contributed by atoms with Crippen LogP contribution in [-0.4, -0.2) is 54.5 Å². The van der Waals surface area contributed by atoms with Crippen molar-refractivity contribution >= 4 is 16.8 Å². The molecule has 1 saturated heterocycles. The first kappa shape index (κ1) is 18.5. The molecule has 0 saturated carbocycles. The van der Waals surface area contributed by atoms with Gasteiger partial charge in [0, 0.05) is 5.39 Å². The number of methoxy groups -OCH3 is 1. The van der Waals surface area contributed by atoms with Crippen LogP contribution >= 0.6 is 0 Å². The van der Waals surface area contributed by atoms with Gasteiger partial charge in [0.2, 0.25) is 0 Å². The lowest BCUT2D eigenvalue weighted by atomic mass is 9.99. The maximum Gasteiger partial charge on any atom is 0.341 e. The van der Waals surface area contributed by atoms with Gasteiger partial charge in [-0.1, -0.05) is 30.3 Å². The zero-order chi connectivity index (χ0) is 18.7. The van der Waals surface area contributed by atoms with Crippen LogP contribution in [0.2, 0.25) is 0 Å². The van der Waals surface area contributed by atoms with Crippen LogP contribution in [0.3, 0.4) is 0 Å². The molecule has 3 rings (SSSR count). The molecule has 140 valence electrons. The van der Waals surface area contributed by atoms with E-state index in [-0.39, 0.29) is 12.1 Å². The van der Waals surface area contributed by atoms with Crippen molar-refractivity contribution in [3.8, 4) is 5.75 Å². The van der Waals surface area contributed by atoms with Crippen LogP contribution in [0.5, 0.6) is 5.75 Å². The Hall–Kier alpha value is -2.31. The van der Waals surface area contributed by atoms with Gasteiger partial charge in [-0.3, -0.25) is 5.21 Å². The SMILES string of the molecule is COc1ccc([C@H](C)NC(=O)N(O)C2CCN(C)CC2)c2ccccc12. The molecule has 6 heteroatoms. The van der Waals surface area contributed by atoms with Gasteiger partial charge in [0.15, 0.2) is 0 Å². The second kappa shape index (κ2) is 7.93. The molecule has 1 atom stereocenters. The Kier molecular flexibility index (Phi) is 5.64. The molecular weight excluding hydrogens is 330 g/mol. The maximum atomic E-state index is 12.5. The maximum absolute atomic E-state index is 12.5. The summed E-state index contributed by atoms with van der Waals surface area (Å²) in [5.41, 5.74) is 0.992. The van der Waals surface area contributed by atoms with E-state index in [0.29, 0.717) is 0 Å². The fraction of sp³-hybridized carbons (Fsp3) is 0.450. The smallest absolute Gasteiger partial charge is 0.341 e. The number of carbonyl (C=O) groups excluding carboxylic acids is 1. The Morgan fingerprint density at radius 2 is 1.88 bits per heavy atom. The summed E-state index contributed by atoms with van der Waals surface area (Å²) in [4.78, 5) is 14.7. The summed E-state index contributed by atoms with van der Waals surface area (Å²) in [6.45, 7) is 3.69. The lowest BCUT2D eigenvalue weighted by Crippen LogP contribution is -2.48. The number of rotatable bonds is 4. The summed E-state index contributed by atoms with van der Waals surface area (Å²) >= 11 is 0. The number of hydroxylamine groups is 2. The van der Waals surface area contributed by atoms with Crippen LogP contribution in [0.4, 0.5) is 4.79 Å². The van der Waals surface area contributed by atoms with Crippen molar-refractivity contribution in [3.05, 3.63) is 42.0 Å². The molecule has 2 amide bonds. The number of nitrogens with zero attached hydrogens (tertiary/aromatic N) is 2. The molecule has 0 bridgehead atoms. The summed E-state index contributed by atoms with van der Waals surface area (Å²) in [6.07, 6.45) is 1.56. The fourth-order valence-electron chi connectivity index (χ4n) is 3.58. The van der Waals surface area contributed by atoms with Crippen molar-refractivity contribution in [1.29, 1.82) is 0 Å². The van der Waals surface area contributed by atoms with E-state index in [1.807, 2.05) is 43.3 Å². The minimum Gasteiger partial charge on any atom is -0.496 e. The predicted molar refractivity (Wildman–Crippen MR) is 102 cm³/mol. The van der Waals surface area contributed by atoms with Gasteiger partial charge in [-0.25, -0.2) is 9.86 Å². The fourth-order valence-corrected chi connectivity index (χ4v) is 3.58. The first-order chi connectivity index (χ1) is 12.5. The molecular formula is C20H27N3O3. The highest BCUT2D eigenvalue weighted by molar-refractivity contribution is 5.91. The van der Waals surface area contributed by atoms with Crippen LogP contribution < -0.4 is 10.1 Å². The minimum atomic E-state index is -0.452. The third-order valence-corrected chi connectivity index (χ3v) is 5.19. The number of carbonyl (C=O) groups is 1. The first-order valence-corrected chi connectivity index (χ1v) is 9.04. The number of benzene rings is 2. The van der Waals surface area contributed by atoms with E-state index >= 15 is 0 Å². The van der Waals surface area contributed by atoms with Crippen molar-refractivity contribution < 1.29 is 14.7 Å². The lowest BCUT2D eigenvalue weighted by Gasteiger charge is -2.34. The molecule has 1 heterocycles. The average molecular weight is 357 g/mol. The van der Waals surface area contributed by atoms with E-state index in [1.165, 1.54) is 0 Å². The Labute approximate surface area is 154 Å². The van der Waals surface area contributed by atoms with E-state index < -0.39 is 6.03 Å². The van der Waals surface area contributed by atoms with E-state index in [1.54, 1.807) is 7.11 Å². The summed E-state index contributed by atoms with van der Waals surface area (Å²) < 4.78 is 5.43. The predicted octanol–water partition coefficient (Wildman–Crippen LogP) is 3.40. The number of ether oxygens (including phenoxy) is 1. The van der Waals surface area contributed by atoms with Crippen LogP contribution in [0.25, 0.3) is 10.8 Å². The first-order valence-electron chi connectivity index (χ1n) is 9.04.